The number of carbonyl (C=O) groups is 1. The summed E-state index contributed by atoms with van der Waals surface area (Å²) in [7, 11) is 0. The maximum atomic E-state index is 12.4. The largest absolute Gasteiger partial charge is 0.351 e. The fraction of sp³-hybridized carbons (Fsp3) is 0.529. The third-order valence-corrected chi connectivity index (χ3v) is 6.99. The van der Waals surface area contributed by atoms with Gasteiger partial charge in [0.15, 0.2) is 5.16 Å². The SMILES string of the molecule is CSc1nnc(CCCNC(=O)c2nc(Cl)c(Cl)c(Cl)c2Cl)n1C1CCCC1. The molecule has 0 unspecified atom stereocenters. The van der Waals surface area contributed by atoms with Gasteiger partial charge in [-0.3, -0.25) is 4.79 Å². The van der Waals surface area contributed by atoms with E-state index in [0.717, 1.165) is 23.8 Å². The summed E-state index contributed by atoms with van der Waals surface area (Å²) < 4.78 is 2.26. The van der Waals surface area contributed by atoms with E-state index in [4.69, 9.17) is 46.4 Å². The summed E-state index contributed by atoms with van der Waals surface area (Å²) in [5, 5.41) is 12.4. The molecule has 152 valence electrons. The first-order valence-electron chi connectivity index (χ1n) is 8.90. The molecule has 11 heteroatoms. The molecule has 1 aliphatic rings. The highest BCUT2D eigenvalue weighted by Crippen LogP contribution is 2.36. The number of halogens is 4. The number of aryl methyl sites for hydroxylation is 1. The minimum Gasteiger partial charge on any atom is -0.351 e. The highest BCUT2D eigenvalue weighted by molar-refractivity contribution is 7.98. The Morgan fingerprint density at radius 1 is 1.14 bits per heavy atom. The average Bonchev–Trinajstić information content (AvgIpc) is 3.35. The van der Waals surface area contributed by atoms with E-state index in [1.165, 1.54) is 12.8 Å². The van der Waals surface area contributed by atoms with E-state index in [0.29, 0.717) is 25.4 Å². The van der Waals surface area contributed by atoms with Gasteiger partial charge in [-0.25, -0.2) is 4.98 Å². The average molecular weight is 483 g/mol. The molecule has 0 aliphatic heterocycles. The summed E-state index contributed by atoms with van der Waals surface area (Å²) in [6, 6.07) is 0.475. The molecule has 6 nitrogen and oxygen atoms in total. The van der Waals surface area contributed by atoms with Gasteiger partial charge in [0, 0.05) is 19.0 Å². The van der Waals surface area contributed by atoms with Crippen LogP contribution < -0.4 is 5.32 Å². The lowest BCUT2D eigenvalue weighted by Crippen LogP contribution is -2.26. The number of pyridine rings is 1. The number of nitrogens with one attached hydrogen (secondary N) is 1. The maximum absolute atomic E-state index is 12.4. The molecule has 2 aromatic rings. The van der Waals surface area contributed by atoms with Crippen LogP contribution in [0.3, 0.4) is 0 Å². The van der Waals surface area contributed by atoms with E-state index in [9.17, 15) is 4.79 Å². The number of rotatable bonds is 7. The van der Waals surface area contributed by atoms with Crippen LogP contribution in [0.15, 0.2) is 5.16 Å². The van der Waals surface area contributed by atoms with Crippen LogP contribution in [0.2, 0.25) is 20.2 Å². The van der Waals surface area contributed by atoms with Gasteiger partial charge in [-0.2, -0.15) is 0 Å². The Morgan fingerprint density at radius 2 is 1.86 bits per heavy atom. The molecule has 0 bridgehead atoms. The molecule has 28 heavy (non-hydrogen) atoms. The van der Waals surface area contributed by atoms with Crippen LogP contribution >= 0.6 is 58.2 Å². The van der Waals surface area contributed by atoms with Crippen LogP contribution in [-0.2, 0) is 6.42 Å². The Labute approximate surface area is 187 Å². The van der Waals surface area contributed by atoms with Crippen LogP contribution in [0.1, 0.15) is 54.5 Å². The van der Waals surface area contributed by atoms with E-state index >= 15 is 0 Å². The van der Waals surface area contributed by atoms with Crippen molar-refractivity contribution >= 4 is 64.1 Å². The van der Waals surface area contributed by atoms with Crippen molar-refractivity contribution in [2.24, 2.45) is 0 Å². The summed E-state index contributed by atoms with van der Waals surface area (Å²) in [4.78, 5) is 16.3. The van der Waals surface area contributed by atoms with Crippen LogP contribution in [0.5, 0.6) is 0 Å². The first kappa shape index (κ1) is 22.0. The van der Waals surface area contributed by atoms with Gasteiger partial charge >= 0.3 is 0 Å². The zero-order chi connectivity index (χ0) is 20.3. The van der Waals surface area contributed by atoms with E-state index in [1.54, 1.807) is 11.8 Å². The fourth-order valence-electron chi connectivity index (χ4n) is 3.32. The molecule has 2 aromatic heterocycles. The lowest BCUT2D eigenvalue weighted by Gasteiger charge is -2.16. The summed E-state index contributed by atoms with van der Waals surface area (Å²) in [5.74, 6) is 0.506. The summed E-state index contributed by atoms with van der Waals surface area (Å²) in [6.45, 7) is 0.431. The maximum Gasteiger partial charge on any atom is 0.271 e. The van der Waals surface area contributed by atoms with Crippen molar-refractivity contribution in [3.63, 3.8) is 0 Å². The van der Waals surface area contributed by atoms with Gasteiger partial charge in [0.25, 0.3) is 5.91 Å². The Balaban J connectivity index is 1.60. The molecule has 1 saturated carbocycles. The molecule has 0 aromatic carbocycles. The molecule has 1 fully saturated rings. The predicted molar refractivity (Wildman–Crippen MR) is 114 cm³/mol. The number of aromatic nitrogens is 4. The first-order chi connectivity index (χ1) is 13.4. The Kier molecular flexibility index (Phi) is 7.73. The molecule has 2 heterocycles. The molecule has 0 spiro atoms. The molecular formula is C17H19Cl4N5OS. The van der Waals surface area contributed by atoms with Crippen LogP contribution in [0.25, 0.3) is 0 Å². The predicted octanol–water partition coefficient (Wildman–Crippen LogP) is 5.49. The van der Waals surface area contributed by atoms with Crippen molar-refractivity contribution in [1.82, 2.24) is 25.1 Å². The zero-order valence-corrected chi connectivity index (χ0v) is 19.0. The van der Waals surface area contributed by atoms with Crippen molar-refractivity contribution in [2.45, 2.75) is 49.7 Å². The van der Waals surface area contributed by atoms with Gasteiger partial charge in [-0.15, -0.1) is 10.2 Å². The van der Waals surface area contributed by atoms with Gasteiger partial charge < -0.3 is 9.88 Å². The highest BCUT2D eigenvalue weighted by atomic mass is 35.5. The molecule has 1 amide bonds. The van der Waals surface area contributed by atoms with Gasteiger partial charge in [0.2, 0.25) is 0 Å². The molecule has 0 radical (unpaired) electrons. The lowest BCUT2D eigenvalue weighted by molar-refractivity contribution is 0.0948. The molecule has 3 rings (SSSR count). The second kappa shape index (κ2) is 9.85. The molecule has 1 N–H and O–H groups in total. The van der Waals surface area contributed by atoms with Crippen molar-refractivity contribution in [1.29, 1.82) is 0 Å². The second-order valence-electron chi connectivity index (χ2n) is 6.46. The molecule has 0 saturated heterocycles. The quantitative estimate of drug-likeness (QED) is 0.321. The highest BCUT2D eigenvalue weighted by Gasteiger charge is 2.24. The van der Waals surface area contributed by atoms with Gasteiger partial charge in [-0.1, -0.05) is 71.0 Å². The van der Waals surface area contributed by atoms with Crippen LogP contribution in [0.4, 0.5) is 0 Å². The van der Waals surface area contributed by atoms with Crippen LogP contribution in [0, 0.1) is 0 Å². The van der Waals surface area contributed by atoms with E-state index in [2.05, 4.69) is 25.1 Å². The Bertz CT molecular complexity index is 870. The third kappa shape index (κ3) is 4.70. The Morgan fingerprint density at radius 3 is 2.54 bits per heavy atom. The first-order valence-corrected chi connectivity index (χ1v) is 11.6. The fourth-order valence-corrected chi connectivity index (χ4v) is 4.70. The lowest BCUT2D eigenvalue weighted by atomic mass is 10.2. The minimum absolute atomic E-state index is 0.0147. The summed E-state index contributed by atoms with van der Waals surface area (Å²) in [6.07, 6.45) is 8.25. The topological polar surface area (TPSA) is 72.7 Å². The number of carbonyl (C=O) groups excluding carboxylic acids is 1. The number of amides is 1. The van der Waals surface area contributed by atoms with E-state index in [-0.39, 0.29) is 25.9 Å². The van der Waals surface area contributed by atoms with E-state index in [1.807, 2.05) is 6.26 Å². The zero-order valence-electron chi connectivity index (χ0n) is 15.1. The van der Waals surface area contributed by atoms with Crippen molar-refractivity contribution in [3.8, 4) is 0 Å². The van der Waals surface area contributed by atoms with Gasteiger partial charge in [0.1, 0.15) is 16.7 Å². The molecular weight excluding hydrogens is 464 g/mol. The van der Waals surface area contributed by atoms with E-state index < -0.39 is 5.91 Å². The number of hydrogen-bond donors (Lipinski definition) is 1. The minimum atomic E-state index is -0.451. The van der Waals surface area contributed by atoms with Gasteiger partial charge in [0.05, 0.1) is 15.1 Å². The molecule has 1 aliphatic carbocycles. The summed E-state index contributed by atoms with van der Waals surface area (Å²) >= 11 is 25.4. The molecule has 0 atom stereocenters. The number of nitrogens with zero attached hydrogens (tertiary/aromatic N) is 4. The Hall–Kier alpha value is -0.730. The summed E-state index contributed by atoms with van der Waals surface area (Å²) in [5.41, 5.74) is -0.0418. The third-order valence-electron chi connectivity index (χ3n) is 4.67. The van der Waals surface area contributed by atoms with Crippen molar-refractivity contribution < 1.29 is 4.79 Å². The van der Waals surface area contributed by atoms with Crippen LogP contribution in [-0.4, -0.2) is 38.5 Å². The normalized spacial score (nSPS) is 14.6. The van der Waals surface area contributed by atoms with Crippen molar-refractivity contribution in [2.75, 3.05) is 12.8 Å². The number of thioether (sulfide) groups is 1. The monoisotopic (exact) mass is 481 g/mol. The van der Waals surface area contributed by atoms with Crippen molar-refractivity contribution in [3.05, 3.63) is 31.7 Å². The number of hydrogen-bond acceptors (Lipinski definition) is 5. The smallest absolute Gasteiger partial charge is 0.271 e. The second-order valence-corrected chi connectivity index (χ2v) is 8.73. The standard InChI is InChI=1S/C17H19Cl4N5OS/c1-28-17-25-24-10(26(17)9-5-2-3-6-9)7-4-8-22-16(27)14-12(19)11(18)13(20)15(21)23-14/h9H,2-8H2,1H3,(H,22,27). The van der Waals surface area contributed by atoms with Gasteiger partial charge in [-0.05, 0) is 25.5 Å².